The molecule has 1 aliphatic carbocycles. The molecule has 0 saturated heterocycles. The van der Waals surface area contributed by atoms with Crippen LogP contribution in [0.25, 0.3) is 22.4 Å². The van der Waals surface area contributed by atoms with E-state index in [0.29, 0.717) is 17.0 Å². The lowest BCUT2D eigenvalue weighted by Crippen LogP contribution is -2.07. The van der Waals surface area contributed by atoms with Crippen LogP contribution in [0, 0.1) is 0 Å². The van der Waals surface area contributed by atoms with Crippen molar-refractivity contribution in [3.63, 3.8) is 0 Å². The zero-order chi connectivity index (χ0) is 16.9. The van der Waals surface area contributed by atoms with E-state index < -0.39 is 11.7 Å². The fourth-order valence-corrected chi connectivity index (χ4v) is 2.74. The van der Waals surface area contributed by atoms with Gasteiger partial charge in [0.1, 0.15) is 5.75 Å². The van der Waals surface area contributed by atoms with E-state index in [1.54, 1.807) is 24.3 Å². The summed E-state index contributed by atoms with van der Waals surface area (Å²) in [7, 11) is 1.52. The topological polar surface area (TPSA) is 48.2 Å². The summed E-state index contributed by atoms with van der Waals surface area (Å²) in [5.74, 6) is 0.660. The SMILES string of the molecule is COc1ccc(-c2cc(C(F)(F)F)c3c(C4CC4)noc3n2)cc1. The molecule has 0 N–H and O–H groups in total. The van der Waals surface area contributed by atoms with Crippen LogP contribution >= 0.6 is 0 Å². The Kier molecular flexibility index (Phi) is 3.26. The van der Waals surface area contributed by atoms with Crippen LogP contribution in [0.3, 0.4) is 0 Å². The normalized spacial score (nSPS) is 15.0. The fourth-order valence-electron chi connectivity index (χ4n) is 2.74. The van der Waals surface area contributed by atoms with Gasteiger partial charge >= 0.3 is 6.18 Å². The predicted octanol–water partition coefficient (Wildman–Crippen LogP) is 4.79. The molecular weight excluding hydrogens is 321 g/mol. The molecule has 0 atom stereocenters. The van der Waals surface area contributed by atoms with Crippen LogP contribution in [0.2, 0.25) is 0 Å². The third-order valence-electron chi connectivity index (χ3n) is 4.13. The van der Waals surface area contributed by atoms with Crippen LogP contribution in [-0.2, 0) is 6.18 Å². The van der Waals surface area contributed by atoms with Crippen molar-refractivity contribution < 1.29 is 22.4 Å². The molecule has 124 valence electrons. The number of nitrogens with zero attached hydrogens (tertiary/aromatic N) is 2. The van der Waals surface area contributed by atoms with E-state index in [0.717, 1.165) is 18.9 Å². The van der Waals surface area contributed by atoms with Crippen LogP contribution in [0.15, 0.2) is 34.9 Å². The van der Waals surface area contributed by atoms with Gasteiger partial charge in [-0.3, -0.25) is 0 Å². The number of alkyl halides is 3. The molecule has 0 unspecified atom stereocenters. The molecule has 0 aliphatic heterocycles. The lowest BCUT2D eigenvalue weighted by atomic mass is 10.0. The van der Waals surface area contributed by atoms with Gasteiger partial charge in [0.05, 0.1) is 29.4 Å². The Morgan fingerprint density at radius 1 is 1.17 bits per heavy atom. The number of hydrogen-bond donors (Lipinski definition) is 0. The average molecular weight is 334 g/mol. The van der Waals surface area contributed by atoms with Gasteiger partial charge in [0, 0.05) is 11.5 Å². The molecule has 4 rings (SSSR count). The summed E-state index contributed by atoms with van der Waals surface area (Å²) in [6, 6.07) is 7.72. The standard InChI is InChI=1S/C17H13F3N2O2/c1-23-11-6-4-9(5-7-11)13-8-12(17(18,19)20)14-15(10-2-3-10)22-24-16(14)21-13/h4-8,10H,2-3H2,1H3. The van der Waals surface area contributed by atoms with Gasteiger partial charge in [0.25, 0.3) is 5.71 Å². The highest BCUT2D eigenvalue weighted by molar-refractivity contribution is 5.84. The predicted molar refractivity (Wildman–Crippen MR) is 80.8 cm³/mol. The Balaban J connectivity index is 1.91. The molecule has 2 aromatic heterocycles. The maximum atomic E-state index is 13.6. The molecule has 0 bridgehead atoms. The summed E-state index contributed by atoms with van der Waals surface area (Å²) in [5.41, 5.74) is 0.286. The third-order valence-corrected chi connectivity index (χ3v) is 4.13. The summed E-state index contributed by atoms with van der Waals surface area (Å²) in [6.45, 7) is 0. The van der Waals surface area contributed by atoms with Crippen molar-refractivity contribution in [3.05, 3.63) is 41.6 Å². The number of pyridine rings is 1. The molecule has 1 aromatic carbocycles. The van der Waals surface area contributed by atoms with Crippen molar-refractivity contribution in [3.8, 4) is 17.0 Å². The minimum absolute atomic E-state index is 0.0118. The molecule has 0 spiro atoms. The van der Waals surface area contributed by atoms with E-state index in [-0.39, 0.29) is 22.7 Å². The van der Waals surface area contributed by atoms with Crippen LogP contribution in [-0.4, -0.2) is 17.3 Å². The van der Waals surface area contributed by atoms with Crippen molar-refractivity contribution >= 4 is 11.1 Å². The van der Waals surface area contributed by atoms with Crippen molar-refractivity contribution in [2.75, 3.05) is 7.11 Å². The van der Waals surface area contributed by atoms with Gasteiger partial charge in [-0.15, -0.1) is 0 Å². The molecule has 2 heterocycles. The van der Waals surface area contributed by atoms with Crippen molar-refractivity contribution in [2.24, 2.45) is 0 Å². The smallest absolute Gasteiger partial charge is 0.417 e. The number of methoxy groups -OCH3 is 1. The summed E-state index contributed by atoms with van der Waals surface area (Å²) < 4.78 is 50.8. The van der Waals surface area contributed by atoms with Crippen LogP contribution in [0.5, 0.6) is 5.75 Å². The first-order chi connectivity index (χ1) is 11.5. The Labute approximate surface area is 135 Å². The summed E-state index contributed by atoms with van der Waals surface area (Å²) in [5, 5.41) is 3.82. The first-order valence-corrected chi connectivity index (χ1v) is 7.49. The van der Waals surface area contributed by atoms with Crippen LogP contribution in [0.1, 0.15) is 30.0 Å². The summed E-state index contributed by atoms with van der Waals surface area (Å²) in [4.78, 5) is 4.24. The molecule has 0 amide bonds. The monoisotopic (exact) mass is 334 g/mol. The van der Waals surface area contributed by atoms with E-state index in [4.69, 9.17) is 9.26 Å². The highest BCUT2D eigenvalue weighted by atomic mass is 19.4. The number of benzene rings is 1. The Hall–Kier alpha value is -2.57. The molecule has 4 nitrogen and oxygen atoms in total. The minimum atomic E-state index is -4.50. The molecule has 0 radical (unpaired) electrons. The molecular formula is C17H13F3N2O2. The Bertz CT molecular complexity index is 897. The first-order valence-electron chi connectivity index (χ1n) is 7.49. The largest absolute Gasteiger partial charge is 0.497 e. The first kappa shape index (κ1) is 15.0. The maximum Gasteiger partial charge on any atom is 0.417 e. The Morgan fingerprint density at radius 3 is 2.46 bits per heavy atom. The minimum Gasteiger partial charge on any atom is -0.497 e. The number of rotatable bonds is 3. The molecule has 1 aliphatic rings. The lowest BCUT2D eigenvalue weighted by molar-refractivity contribution is -0.136. The van der Waals surface area contributed by atoms with Gasteiger partial charge in [0.15, 0.2) is 0 Å². The van der Waals surface area contributed by atoms with Gasteiger partial charge in [0.2, 0.25) is 0 Å². The lowest BCUT2D eigenvalue weighted by Gasteiger charge is -2.10. The number of fused-ring (bicyclic) bond motifs is 1. The second kappa shape index (κ2) is 5.22. The van der Waals surface area contributed by atoms with E-state index >= 15 is 0 Å². The van der Waals surface area contributed by atoms with Gasteiger partial charge < -0.3 is 9.26 Å². The highest BCUT2D eigenvalue weighted by Gasteiger charge is 2.39. The number of ether oxygens (including phenoxy) is 1. The van der Waals surface area contributed by atoms with Gasteiger partial charge in [-0.1, -0.05) is 5.16 Å². The van der Waals surface area contributed by atoms with E-state index in [2.05, 4.69) is 10.1 Å². The fraction of sp³-hybridized carbons (Fsp3) is 0.294. The van der Waals surface area contributed by atoms with E-state index in [1.807, 2.05) is 0 Å². The number of halogens is 3. The zero-order valence-electron chi connectivity index (χ0n) is 12.7. The van der Waals surface area contributed by atoms with Crippen molar-refractivity contribution in [2.45, 2.75) is 24.9 Å². The second-order valence-electron chi connectivity index (χ2n) is 5.80. The number of aromatic nitrogens is 2. The van der Waals surface area contributed by atoms with Crippen molar-refractivity contribution in [1.82, 2.24) is 10.1 Å². The van der Waals surface area contributed by atoms with Gasteiger partial charge in [-0.2, -0.15) is 13.2 Å². The van der Waals surface area contributed by atoms with E-state index in [9.17, 15) is 13.2 Å². The molecule has 1 saturated carbocycles. The van der Waals surface area contributed by atoms with Crippen molar-refractivity contribution in [1.29, 1.82) is 0 Å². The quantitative estimate of drug-likeness (QED) is 0.691. The number of hydrogen-bond acceptors (Lipinski definition) is 4. The summed E-state index contributed by atoms with van der Waals surface area (Å²) >= 11 is 0. The van der Waals surface area contributed by atoms with E-state index in [1.165, 1.54) is 7.11 Å². The molecule has 7 heteroatoms. The van der Waals surface area contributed by atoms with Crippen LogP contribution in [0.4, 0.5) is 13.2 Å². The third kappa shape index (κ3) is 2.50. The molecule has 24 heavy (non-hydrogen) atoms. The highest BCUT2D eigenvalue weighted by Crippen LogP contribution is 2.46. The van der Waals surface area contributed by atoms with Crippen LogP contribution < -0.4 is 4.74 Å². The maximum absolute atomic E-state index is 13.6. The zero-order valence-corrected chi connectivity index (χ0v) is 12.7. The Morgan fingerprint density at radius 2 is 1.88 bits per heavy atom. The molecule has 3 aromatic rings. The second-order valence-corrected chi connectivity index (χ2v) is 5.80. The van der Waals surface area contributed by atoms with Gasteiger partial charge in [-0.25, -0.2) is 4.98 Å². The summed E-state index contributed by atoms with van der Waals surface area (Å²) in [6.07, 6.45) is -2.84. The average Bonchev–Trinajstić information content (AvgIpc) is 3.32. The van der Waals surface area contributed by atoms with Gasteiger partial charge in [-0.05, 0) is 43.2 Å². The molecule has 1 fully saturated rings.